The van der Waals surface area contributed by atoms with Crippen molar-refractivity contribution in [1.82, 2.24) is 10.2 Å². The molecule has 2 rings (SSSR count). The number of hydrogen-bond acceptors (Lipinski definition) is 4. The van der Waals surface area contributed by atoms with Crippen LogP contribution >= 0.6 is 0 Å². The van der Waals surface area contributed by atoms with Crippen LogP contribution in [0.4, 0.5) is 4.39 Å². The van der Waals surface area contributed by atoms with E-state index in [2.05, 4.69) is 10.1 Å². The molecule has 0 unspecified atom stereocenters. The summed E-state index contributed by atoms with van der Waals surface area (Å²) in [5.74, 6) is -0.776. The number of halogens is 1. The number of rotatable bonds is 7. The van der Waals surface area contributed by atoms with E-state index in [1.807, 2.05) is 11.9 Å². The topological polar surface area (TPSA) is 58.6 Å². The first-order chi connectivity index (χ1) is 12.0. The second kappa shape index (κ2) is 8.94. The Morgan fingerprint density at radius 3 is 2.24 bits per heavy atom. The van der Waals surface area contributed by atoms with E-state index in [0.29, 0.717) is 18.7 Å². The van der Waals surface area contributed by atoms with E-state index in [-0.39, 0.29) is 18.3 Å². The van der Waals surface area contributed by atoms with Crippen LogP contribution in [0.15, 0.2) is 48.5 Å². The second-order valence-electron chi connectivity index (χ2n) is 5.76. The number of likely N-dealkylation sites (N-methyl/N-ethyl adjacent to an activating group) is 1. The summed E-state index contributed by atoms with van der Waals surface area (Å²) < 4.78 is 17.5. The lowest BCUT2D eigenvalue weighted by atomic mass is 10.1. The molecule has 5 nitrogen and oxygen atoms in total. The van der Waals surface area contributed by atoms with Crippen molar-refractivity contribution < 1.29 is 18.7 Å². The van der Waals surface area contributed by atoms with Crippen LogP contribution in [0, 0.1) is 5.82 Å². The summed E-state index contributed by atoms with van der Waals surface area (Å²) in [6, 6.07) is 13.1. The number of nitrogens with zero attached hydrogens (tertiary/aromatic N) is 1. The lowest BCUT2D eigenvalue weighted by molar-refractivity contribution is -0.122. The Morgan fingerprint density at radius 2 is 1.64 bits per heavy atom. The molecule has 0 heterocycles. The highest BCUT2D eigenvalue weighted by Crippen LogP contribution is 2.07. The number of carbonyl (C=O) groups excluding carboxylic acids is 2. The number of nitrogens with one attached hydrogen (secondary N) is 1. The van der Waals surface area contributed by atoms with Gasteiger partial charge in [-0.15, -0.1) is 0 Å². The highest BCUT2D eigenvalue weighted by atomic mass is 19.1. The minimum absolute atomic E-state index is 0.110. The van der Waals surface area contributed by atoms with Crippen LogP contribution in [0.5, 0.6) is 0 Å². The molecule has 1 N–H and O–H groups in total. The number of ether oxygens (including phenoxy) is 1. The normalized spacial score (nSPS) is 10.6. The van der Waals surface area contributed by atoms with Gasteiger partial charge < -0.3 is 10.1 Å². The Labute approximate surface area is 146 Å². The number of amides is 1. The fourth-order valence-electron chi connectivity index (χ4n) is 2.34. The van der Waals surface area contributed by atoms with E-state index in [1.54, 1.807) is 36.4 Å². The largest absolute Gasteiger partial charge is 0.465 e. The average molecular weight is 344 g/mol. The number of benzene rings is 2. The molecule has 1 amide bonds. The maximum absolute atomic E-state index is 12.9. The highest BCUT2D eigenvalue weighted by Gasteiger charge is 2.08. The predicted octanol–water partition coefficient (Wildman–Crippen LogP) is 2.36. The van der Waals surface area contributed by atoms with Gasteiger partial charge in [-0.05, 0) is 42.4 Å². The monoisotopic (exact) mass is 344 g/mol. The van der Waals surface area contributed by atoms with E-state index < -0.39 is 5.97 Å². The molecule has 2 aromatic rings. The van der Waals surface area contributed by atoms with Crippen molar-refractivity contribution in [2.45, 2.75) is 13.1 Å². The summed E-state index contributed by atoms with van der Waals surface area (Å²) in [5.41, 5.74) is 2.30. The van der Waals surface area contributed by atoms with Crippen LogP contribution in [0.2, 0.25) is 0 Å². The minimum Gasteiger partial charge on any atom is -0.465 e. The molecule has 2 aromatic carbocycles. The molecule has 0 atom stereocenters. The Kier molecular flexibility index (Phi) is 6.65. The van der Waals surface area contributed by atoms with Gasteiger partial charge in [0.05, 0.1) is 19.2 Å². The Balaban J connectivity index is 1.77. The summed E-state index contributed by atoms with van der Waals surface area (Å²) >= 11 is 0. The highest BCUT2D eigenvalue weighted by molar-refractivity contribution is 5.89. The van der Waals surface area contributed by atoms with E-state index in [0.717, 1.165) is 11.1 Å². The van der Waals surface area contributed by atoms with Crippen molar-refractivity contribution in [1.29, 1.82) is 0 Å². The van der Waals surface area contributed by atoms with Crippen molar-refractivity contribution in [2.24, 2.45) is 0 Å². The van der Waals surface area contributed by atoms with Crippen LogP contribution < -0.4 is 5.32 Å². The third kappa shape index (κ3) is 6.00. The van der Waals surface area contributed by atoms with Gasteiger partial charge in [0.1, 0.15) is 5.82 Å². The first-order valence-corrected chi connectivity index (χ1v) is 7.85. The van der Waals surface area contributed by atoms with Crippen molar-refractivity contribution in [3.63, 3.8) is 0 Å². The van der Waals surface area contributed by atoms with Gasteiger partial charge in [-0.1, -0.05) is 24.3 Å². The number of carbonyl (C=O) groups is 2. The zero-order valence-corrected chi connectivity index (χ0v) is 14.3. The van der Waals surface area contributed by atoms with E-state index in [9.17, 15) is 14.0 Å². The quantitative estimate of drug-likeness (QED) is 0.784. The number of esters is 1. The average Bonchev–Trinajstić information content (AvgIpc) is 2.61. The SMILES string of the molecule is COC(=O)c1ccc(CNC(=O)CN(C)Cc2ccc(F)cc2)cc1. The second-order valence-corrected chi connectivity index (χ2v) is 5.76. The summed E-state index contributed by atoms with van der Waals surface area (Å²) in [6.45, 7) is 1.17. The molecule has 0 spiro atoms. The fourth-order valence-corrected chi connectivity index (χ4v) is 2.34. The standard InChI is InChI=1S/C19H21FN2O3/c1-22(12-15-5-9-17(20)10-6-15)13-18(23)21-11-14-3-7-16(8-4-14)19(24)25-2/h3-10H,11-13H2,1-2H3,(H,21,23). The van der Waals surface area contributed by atoms with Gasteiger partial charge >= 0.3 is 5.97 Å². The van der Waals surface area contributed by atoms with Crippen molar-refractivity contribution in [3.05, 3.63) is 71.0 Å². The predicted molar refractivity (Wildman–Crippen MR) is 92.4 cm³/mol. The van der Waals surface area contributed by atoms with E-state index in [4.69, 9.17) is 0 Å². The van der Waals surface area contributed by atoms with Crippen molar-refractivity contribution in [3.8, 4) is 0 Å². The third-order valence-corrected chi connectivity index (χ3v) is 3.64. The Hall–Kier alpha value is -2.73. The molecule has 6 heteroatoms. The summed E-state index contributed by atoms with van der Waals surface area (Å²) in [5, 5.41) is 2.83. The smallest absolute Gasteiger partial charge is 0.337 e. The molecular formula is C19H21FN2O3. The van der Waals surface area contributed by atoms with Gasteiger partial charge in [0.2, 0.25) is 5.91 Å². The van der Waals surface area contributed by atoms with Crippen LogP contribution in [0.1, 0.15) is 21.5 Å². The molecule has 0 fully saturated rings. The Morgan fingerprint density at radius 1 is 1.04 bits per heavy atom. The Bertz CT molecular complexity index is 714. The minimum atomic E-state index is -0.391. The fraction of sp³-hybridized carbons (Fsp3) is 0.263. The summed E-state index contributed by atoms with van der Waals surface area (Å²) in [7, 11) is 3.16. The zero-order valence-electron chi connectivity index (χ0n) is 14.3. The molecule has 0 aliphatic carbocycles. The van der Waals surface area contributed by atoms with Crippen LogP contribution in [0.3, 0.4) is 0 Å². The van der Waals surface area contributed by atoms with E-state index >= 15 is 0 Å². The van der Waals surface area contributed by atoms with Crippen molar-refractivity contribution >= 4 is 11.9 Å². The molecule has 25 heavy (non-hydrogen) atoms. The zero-order chi connectivity index (χ0) is 18.2. The van der Waals surface area contributed by atoms with Crippen LogP contribution in [0.25, 0.3) is 0 Å². The molecule has 0 radical (unpaired) electrons. The molecule has 0 saturated heterocycles. The number of methoxy groups -OCH3 is 1. The molecule has 0 saturated carbocycles. The van der Waals surface area contributed by atoms with Crippen LogP contribution in [-0.2, 0) is 22.6 Å². The molecule has 0 aliphatic heterocycles. The molecule has 0 aliphatic rings. The first kappa shape index (κ1) is 18.6. The third-order valence-electron chi connectivity index (χ3n) is 3.64. The van der Waals surface area contributed by atoms with Gasteiger partial charge in [-0.2, -0.15) is 0 Å². The van der Waals surface area contributed by atoms with Gasteiger partial charge in [0, 0.05) is 13.1 Å². The van der Waals surface area contributed by atoms with Crippen LogP contribution in [-0.4, -0.2) is 37.5 Å². The molecular weight excluding hydrogens is 323 g/mol. The maximum Gasteiger partial charge on any atom is 0.337 e. The number of hydrogen-bond donors (Lipinski definition) is 1. The molecule has 0 bridgehead atoms. The van der Waals surface area contributed by atoms with E-state index in [1.165, 1.54) is 19.2 Å². The first-order valence-electron chi connectivity index (χ1n) is 7.85. The summed E-state index contributed by atoms with van der Waals surface area (Å²) in [4.78, 5) is 25.2. The van der Waals surface area contributed by atoms with Gasteiger partial charge in [-0.3, -0.25) is 9.69 Å². The summed E-state index contributed by atoms with van der Waals surface area (Å²) in [6.07, 6.45) is 0. The van der Waals surface area contributed by atoms with Crippen molar-refractivity contribution in [2.75, 3.05) is 20.7 Å². The molecule has 132 valence electrons. The van der Waals surface area contributed by atoms with Gasteiger partial charge in [-0.25, -0.2) is 9.18 Å². The lowest BCUT2D eigenvalue weighted by Crippen LogP contribution is -2.34. The molecule has 0 aromatic heterocycles. The lowest BCUT2D eigenvalue weighted by Gasteiger charge is -2.16. The maximum atomic E-state index is 12.9. The van der Waals surface area contributed by atoms with Gasteiger partial charge in [0.25, 0.3) is 0 Å². The van der Waals surface area contributed by atoms with Gasteiger partial charge in [0.15, 0.2) is 0 Å².